The van der Waals surface area contributed by atoms with Gasteiger partial charge in [-0.05, 0) is 36.8 Å². The van der Waals surface area contributed by atoms with Gasteiger partial charge in [0.05, 0.1) is 0 Å². The van der Waals surface area contributed by atoms with Gasteiger partial charge < -0.3 is 4.90 Å². The topological polar surface area (TPSA) is 16.1 Å². The Bertz CT molecular complexity index is 357. The van der Waals surface area contributed by atoms with Gasteiger partial charge in [0.15, 0.2) is 0 Å². The molecule has 1 aliphatic heterocycles. The van der Waals surface area contributed by atoms with Gasteiger partial charge in [0.2, 0.25) is 0 Å². The molecule has 2 nitrogen and oxygen atoms in total. The maximum atomic E-state index is 4.59. The van der Waals surface area contributed by atoms with Crippen molar-refractivity contribution in [1.82, 2.24) is 4.98 Å². The van der Waals surface area contributed by atoms with Crippen LogP contribution in [0.4, 0.5) is 5.82 Å². The Morgan fingerprint density at radius 2 is 2.12 bits per heavy atom. The molecule has 0 atom stereocenters. The summed E-state index contributed by atoms with van der Waals surface area (Å²) in [7, 11) is 0. The third-order valence-corrected chi connectivity index (χ3v) is 3.99. The second-order valence-corrected chi connectivity index (χ2v) is 5.35. The molecule has 16 heavy (non-hydrogen) atoms. The Morgan fingerprint density at radius 1 is 1.44 bits per heavy atom. The Balaban J connectivity index is 2.14. The van der Waals surface area contributed by atoms with E-state index < -0.39 is 0 Å². The molecule has 0 radical (unpaired) electrons. The number of piperidine rings is 1. The molecule has 88 valence electrons. The standard InChI is InChI=1S/C13H19BrN2/c1-10-3-5-16(6-4-10)13-11(2)7-12(8-14)9-15-13/h7,9-10H,3-6,8H2,1-2H3. The molecule has 0 amide bonds. The lowest BCUT2D eigenvalue weighted by Crippen LogP contribution is -2.33. The van der Waals surface area contributed by atoms with E-state index in [-0.39, 0.29) is 0 Å². The molecule has 0 aliphatic carbocycles. The van der Waals surface area contributed by atoms with Crippen molar-refractivity contribution >= 4 is 21.7 Å². The number of hydrogen-bond donors (Lipinski definition) is 0. The zero-order valence-electron chi connectivity index (χ0n) is 10.0. The van der Waals surface area contributed by atoms with Crippen molar-refractivity contribution in [3.63, 3.8) is 0 Å². The number of anilines is 1. The van der Waals surface area contributed by atoms with E-state index in [1.54, 1.807) is 0 Å². The number of aryl methyl sites for hydroxylation is 1. The van der Waals surface area contributed by atoms with E-state index in [1.165, 1.54) is 29.8 Å². The molecule has 2 heterocycles. The lowest BCUT2D eigenvalue weighted by atomic mass is 9.99. The van der Waals surface area contributed by atoms with Crippen molar-refractivity contribution in [3.8, 4) is 0 Å². The molecular formula is C13H19BrN2. The van der Waals surface area contributed by atoms with Gasteiger partial charge in [-0.15, -0.1) is 0 Å². The average molecular weight is 283 g/mol. The molecule has 2 rings (SSSR count). The molecule has 0 aromatic carbocycles. The van der Waals surface area contributed by atoms with Crippen LogP contribution in [0.3, 0.4) is 0 Å². The summed E-state index contributed by atoms with van der Waals surface area (Å²) in [6.45, 7) is 6.81. The zero-order chi connectivity index (χ0) is 11.5. The van der Waals surface area contributed by atoms with Crippen LogP contribution in [0, 0.1) is 12.8 Å². The second kappa shape index (κ2) is 5.17. The number of aromatic nitrogens is 1. The molecule has 1 saturated heterocycles. The highest BCUT2D eigenvalue weighted by atomic mass is 79.9. The Labute approximate surface area is 106 Å². The second-order valence-electron chi connectivity index (χ2n) is 4.79. The predicted octanol–water partition coefficient (Wildman–Crippen LogP) is 3.52. The number of halogens is 1. The van der Waals surface area contributed by atoms with Crippen LogP contribution in [0.25, 0.3) is 0 Å². The van der Waals surface area contributed by atoms with Crippen molar-refractivity contribution in [2.75, 3.05) is 18.0 Å². The Morgan fingerprint density at radius 3 is 2.69 bits per heavy atom. The van der Waals surface area contributed by atoms with Gasteiger partial charge >= 0.3 is 0 Å². The molecule has 1 aromatic rings. The maximum Gasteiger partial charge on any atom is 0.131 e. The molecular weight excluding hydrogens is 264 g/mol. The molecule has 1 aromatic heterocycles. The van der Waals surface area contributed by atoms with Gasteiger partial charge in [0.1, 0.15) is 5.82 Å². The van der Waals surface area contributed by atoms with Gasteiger partial charge in [-0.2, -0.15) is 0 Å². The zero-order valence-corrected chi connectivity index (χ0v) is 11.6. The number of alkyl halides is 1. The van der Waals surface area contributed by atoms with Crippen molar-refractivity contribution in [2.24, 2.45) is 5.92 Å². The molecule has 1 fully saturated rings. The fraction of sp³-hybridized carbons (Fsp3) is 0.615. The van der Waals surface area contributed by atoms with Crippen LogP contribution in [-0.2, 0) is 5.33 Å². The van der Waals surface area contributed by atoms with E-state index in [4.69, 9.17) is 0 Å². The molecule has 0 bridgehead atoms. The van der Waals surface area contributed by atoms with E-state index in [9.17, 15) is 0 Å². The number of nitrogens with zero attached hydrogens (tertiary/aromatic N) is 2. The third kappa shape index (κ3) is 2.57. The predicted molar refractivity (Wildman–Crippen MR) is 72.2 cm³/mol. The average Bonchev–Trinajstić information content (AvgIpc) is 2.30. The van der Waals surface area contributed by atoms with Crippen LogP contribution in [0.1, 0.15) is 30.9 Å². The SMILES string of the molecule is Cc1cc(CBr)cnc1N1CCC(C)CC1. The highest BCUT2D eigenvalue weighted by Crippen LogP contribution is 2.24. The van der Waals surface area contributed by atoms with E-state index in [1.807, 2.05) is 6.20 Å². The normalized spacial score (nSPS) is 17.8. The Hall–Kier alpha value is -0.570. The largest absolute Gasteiger partial charge is 0.356 e. The van der Waals surface area contributed by atoms with E-state index in [0.29, 0.717) is 0 Å². The molecule has 0 spiro atoms. The van der Waals surface area contributed by atoms with E-state index >= 15 is 0 Å². The molecule has 0 unspecified atom stereocenters. The lowest BCUT2D eigenvalue weighted by molar-refractivity contribution is 0.436. The fourth-order valence-electron chi connectivity index (χ4n) is 2.25. The first-order chi connectivity index (χ1) is 7.70. The lowest BCUT2D eigenvalue weighted by Gasteiger charge is -2.32. The first-order valence-corrected chi connectivity index (χ1v) is 7.09. The van der Waals surface area contributed by atoms with Crippen LogP contribution < -0.4 is 4.90 Å². The van der Waals surface area contributed by atoms with E-state index in [0.717, 1.165) is 24.3 Å². The van der Waals surface area contributed by atoms with Gasteiger partial charge in [-0.3, -0.25) is 0 Å². The van der Waals surface area contributed by atoms with Gasteiger partial charge in [-0.25, -0.2) is 4.98 Å². The summed E-state index contributed by atoms with van der Waals surface area (Å²) < 4.78 is 0. The smallest absolute Gasteiger partial charge is 0.131 e. The van der Waals surface area contributed by atoms with Crippen LogP contribution in [0.5, 0.6) is 0 Å². The highest BCUT2D eigenvalue weighted by Gasteiger charge is 2.18. The number of rotatable bonds is 2. The van der Waals surface area contributed by atoms with Crippen molar-refractivity contribution < 1.29 is 0 Å². The van der Waals surface area contributed by atoms with Gasteiger partial charge in [0, 0.05) is 24.6 Å². The Kier molecular flexibility index (Phi) is 3.85. The monoisotopic (exact) mass is 282 g/mol. The first kappa shape index (κ1) is 11.9. The summed E-state index contributed by atoms with van der Waals surface area (Å²) in [5, 5.41) is 0.887. The number of hydrogen-bond acceptors (Lipinski definition) is 2. The molecule has 0 N–H and O–H groups in total. The first-order valence-electron chi connectivity index (χ1n) is 5.97. The van der Waals surface area contributed by atoms with E-state index in [2.05, 4.69) is 45.7 Å². The minimum absolute atomic E-state index is 0.873. The van der Waals surface area contributed by atoms with Gasteiger partial charge in [-0.1, -0.05) is 28.9 Å². The molecule has 3 heteroatoms. The fourth-order valence-corrected chi connectivity index (χ4v) is 2.56. The minimum Gasteiger partial charge on any atom is -0.356 e. The van der Waals surface area contributed by atoms with Gasteiger partial charge in [0.25, 0.3) is 0 Å². The minimum atomic E-state index is 0.873. The van der Waals surface area contributed by atoms with Crippen molar-refractivity contribution in [2.45, 2.75) is 32.0 Å². The summed E-state index contributed by atoms with van der Waals surface area (Å²) in [4.78, 5) is 7.02. The summed E-state index contributed by atoms with van der Waals surface area (Å²) in [6, 6.07) is 2.23. The summed E-state index contributed by atoms with van der Waals surface area (Å²) in [5.74, 6) is 2.05. The quantitative estimate of drug-likeness (QED) is 0.772. The van der Waals surface area contributed by atoms with Crippen LogP contribution in [0.15, 0.2) is 12.3 Å². The van der Waals surface area contributed by atoms with Crippen molar-refractivity contribution in [3.05, 3.63) is 23.4 Å². The van der Waals surface area contributed by atoms with Crippen molar-refractivity contribution in [1.29, 1.82) is 0 Å². The highest BCUT2D eigenvalue weighted by molar-refractivity contribution is 9.08. The summed E-state index contributed by atoms with van der Waals surface area (Å²) in [6.07, 6.45) is 4.57. The van der Waals surface area contributed by atoms with Crippen LogP contribution in [0.2, 0.25) is 0 Å². The maximum absolute atomic E-state index is 4.59. The summed E-state index contributed by atoms with van der Waals surface area (Å²) in [5.41, 5.74) is 2.55. The van der Waals surface area contributed by atoms with Crippen LogP contribution in [-0.4, -0.2) is 18.1 Å². The van der Waals surface area contributed by atoms with Crippen LogP contribution >= 0.6 is 15.9 Å². The summed E-state index contributed by atoms with van der Waals surface area (Å²) >= 11 is 3.47. The number of pyridine rings is 1. The molecule has 1 aliphatic rings. The molecule has 0 saturated carbocycles. The third-order valence-electron chi connectivity index (χ3n) is 3.34.